The summed E-state index contributed by atoms with van der Waals surface area (Å²) in [5, 5.41) is 7.89. The molecular formula is C5H6Cl4O2. The van der Waals surface area contributed by atoms with Crippen molar-refractivity contribution in [3.63, 3.8) is 0 Å². The highest BCUT2D eigenvalue weighted by atomic mass is 35.5. The number of hydrogen-bond donors (Lipinski definition) is 1. The van der Waals surface area contributed by atoms with Gasteiger partial charge in [0.1, 0.15) is 0 Å². The van der Waals surface area contributed by atoms with E-state index in [2.05, 4.69) is 0 Å². The Balaban J connectivity index is 4.01. The van der Waals surface area contributed by atoms with Gasteiger partial charge in [0.05, 0.1) is 5.38 Å². The van der Waals surface area contributed by atoms with E-state index < -0.39 is 15.7 Å². The lowest BCUT2D eigenvalue weighted by Gasteiger charge is -2.15. The Kier molecular flexibility index (Phi) is 4.87. The Hall–Kier alpha value is 0.630. The van der Waals surface area contributed by atoms with Gasteiger partial charge in [-0.3, -0.25) is 0 Å². The zero-order valence-corrected chi connectivity index (χ0v) is 8.38. The Morgan fingerprint density at radius 1 is 1.55 bits per heavy atom. The van der Waals surface area contributed by atoms with Crippen LogP contribution in [0.4, 0.5) is 0 Å². The molecule has 1 unspecified atom stereocenters. The first-order chi connectivity index (χ1) is 4.90. The smallest absolute Gasteiger partial charge is 0.340 e. The first-order valence-corrected chi connectivity index (χ1v) is 4.44. The number of carbonyl (C=O) groups is 1. The van der Waals surface area contributed by atoms with Crippen molar-refractivity contribution in [1.29, 1.82) is 0 Å². The molecule has 0 aliphatic heterocycles. The molecule has 2 nitrogen and oxygen atoms in total. The Morgan fingerprint density at radius 2 is 2.00 bits per heavy atom. The first kappa shape index (κ1) is 11.6. The summed E-state index contributed by atoms with van der Waals surface area (Å²) < 4.78 is -1.83. The topological polar surface area (TPSA) is 37.3 Å². The zero-order valence-electron chi connectivity index (χ0n) is 5.36. The molecule has 0 saturated carbocycles. The second-order valence-corrected chi connectivity index (χ2v) is 4.38. The van der Waals surface area contributed by atoms with Crippen LogP contribution in [-0.4, -0.2) is 26.7 Å². The van der Waals surface area contributed by atoms with Gasteiger partial charge < -0.3 is 5.11 Å². The average molecular weight is 240 g/mol. The van der Waals surface area contributed by atoms with Crippen molar-refractivity contribution in [2.24, 2.45) is 0 Å². The summed E-state index contributed by atoms with van der Waals surface area (Å²) in [6.07, 6.45) is -0.0729. The zero-order chi connectivity index (χ0) is 9.07. The molecule has 1 atom stereocenters. The molecule has 0 saturated heterocycles. The maximum absolute atomic E-state index is 10.3. The van der Waals surface area contributed by atoms with E-state index >= 15 is 0 Å². The second-order valence-electron chi connectivity index (χ2n) is 1.97. The number of alkyl halides is 4. The molecule has 0 aliphatic carbocycles. The van der Waals surface area contributed by atoms with E-state index in [0.29, 0.717) is 0 Å². The Labute approximate surface area is 84.4 Å². The molecule has 0 spiro atoms. The van der Waals surface area contributed by atoms with Gasteiger partial charge >= 0.3 is 5.97 Å². The number of carboxylic acids is 1. The largest absolute Gasteiger partial charge is 0.479 e. The molecule has 0 aromatic rings. The molecule has 0 aromatic heterocycles. The van der Waals surface area contributed by atoms with Crippen molar-refractivity contribution in [1.82, 2.24) is 0 Å². The molecule has 1 N–H and O–H groups in total. The van der Waals surface area contributed by atoms with Crippen LogP contribution in [-0.2, 0) is 4.79 Å². The van der Waals surface area contributed by atoms with E-state index in [4.69, 9.17) is 51.5 Å². The van der Waals surface area contributed by atoms with Crippen LogP contribution in [0.3, 0.4) is 0 Å². The van der Waals surface area contributed by atoms with Crippen LogP contribution >= 0.6 is 46.4 Å². The third-order valence-corrected chi connectivity index (χ3v) is 2.43. The fraction of sp³-hybridized carbons (Fsp3) is 0.800. The molecule has 0 aliphatic rings. The minimum Gasteiger partial charge on any atom is -0.479 e. The summed E-state index contributed by atoms with van der Waals surface area (Å²) >= 11 is 21.6. The van der Waals surface area contributed by atoms with E-state index in [1.165, 1.54) is 0 Å². The summed E-state index contributed by atoms with van der Waals surface area (Å²) in [5.74, 6) is -1.19. The SMILES string of the molecule is O=C(O)C(Cl)(Cl)CC(Cl)CCl. The fourth-order valence-corrected chi connectivity index (χ4v) is 1.29. The molecule has 0 fully saturated rings. The van der Waals surface area contributed by atoms with Crippen molar-refractivity contribution >= 4 is 52.4 Å². The highest BCUT2D eigenvalue weighted by molar-refractivity contribution is 6.57. The van der Waals surface area contributed by atoms with Crippen molar-refractivity contribution in [2.75, 3.05) is 5.88 Å². The van der Waals surface area contributed by atoms with Gasteiger partial charge in [0.15, 0.2) is 0 Å². The fourth-order valence-electron chi connectivity index (χ4n) is 0.420. The van der Waals surface area contributed by atoms with Crippen molar-refractivity contribution in [3.8, 4) is 0 Å². The van der Waals surface area contributed by atoms with Gasteiger partial charge in [0, 0.05) is 12.3 Å². The second kappa shape index (κ2) is 4.61. The monoisotopic (exact) mass is 238 g/mol. The minimum absolute atomic E-state index is 0.0729. The third kappa shape index (κ3) is 4.26. The molecule has 0 amide bonds. The number of hydrogen-bond acceptors (Lipinski definition) is 1. The Bertz CT molecular complexity index is 147. The Morgan fingerprint density at radius 3 is 2.27 bits per heavy atom. The quantitative estimate of drug-likeness (QED) is 0.766. The van der Waals surface area contributed by atoms with Gasteiger partial charge in [-0.1, -0.05) is 23.2 Å². The van der Waals surface area contributed by atoms with E-state index in [1.54, 1.807) is 0 Å². The molecule has 0 heterocycles. The summed E-state index contributed by atoms with van der Waals surface area (Å²) in [7, 11) is 0. The van der Waals surface area contributed by atoms with Crippen LogP contribution in [0.25, 0.3) is 0 Å². The van der Waals surface area contributed by atoms with Gasteiger partial charge in [-0.2, -0.15) is 0 Å². The molecule has 11 heavy (non-hydrogen) atoms. The minimum atomic E-state index is -1.83. The maximum atomic E-state index is 10.3. The number of aliphatic carboxylic acids is 1. The summed E-state index contributed by atoms with van der Waals surface area (Å²) in [5.41, 5.74) is 0. The predicted octanol–water partition coefficient (Wildman–Crippen LogP) is 2.48. The van der Waals surface area contributed by atoms with Gasteiger partial charge in [-0.05, 0) is 0 Å². The molecule has 0 bridgehead atoms. The predicted molar refractivity (Wildman–Crippen MR) is 47.1 cm³/mol. The number of carboxylic acid groups (broad SMARTS) is 1. The van der Waals surface area contributed by atoms with Crippen molar-refractivity contribution in [3.05, 3.63) is 0 Å². The van der Waals surface area contributed by atoms with Crippen molar-refractivity contribution in [2.45, 2.75) is 16.1 Å². The number of halogens is 4. The third-order valence-electron chi connectivity index (χ3n) is 0.958. The van der Waals surface area contributed by atoms with Crippen LogP contribution in [0.5, 0.6) is 0 Å². The van der Waals surface area contributed by atoms with E-state index in [-0.39, 0.29) is 12.3 Å². The van der Waals surface area contributed by atoms with Gasteiger partial charge in [0.25, 0.3) is 0 Å². The average Bonchev–Trinajstić information content (AvgIpc) is 1.86. The standard InChI is InChI=1S/C5H6Cl4O2/c6-2-3(7)1-5(8,9)4(10)11/h3H,1-2H2,(H,10,11). The molecule has 6 heteroatoms. The molecule has 0 rings (SSSR count). The lowest BCUT2D eigenvalue weighted by molar-refractivity contribution is -0.137. The molecule has 0 radical (unpaired) electrons. The molecule has 66 valence electrons. The van der Waals surface area contributed by atoms with Crippen LogP contribution < -0.4 is 0 Å². The normalized spacial score (nSPS) is 14.5. The van der Waals surface area contributed by atoms with Crippen LogP contribution in [0.15, 0.2) is 0 Å². The van der Waals surface area contributed by atoms with E-state index in [1.807, 2.05) is 0 Å². The highest BCUT2D eigenvalue weighted by Gasteiger charge is 2.35. The van der Waals surface area contributed by atoms with Crippen LogP contribution in [0.1, 0.15) is 6.42 Å². The number of rotatable bonds is 4. The molecular weight excluding hydrogens is 234 g/mol. The summed E-state index contributed by atoms with van der Waals surface area (Å²) in [4.78, 5) is 10.3. The summed E-state index contributed by atoms with van der Waals surface area (Å²) in [6, 6.07) is 0. The van der Waals surface area contributed by atoms with Crippen LogP contribution in [0.2, 0.25) is 0 Å². The highest BCUT2D eigenvalue weighted by Crippen LogP contribution is 2.29. The first-order valence-electron chi connectivity index (χ1n) is 2.71. The lowest BCUT2D eigenvalue weighted by Crippen LogP contribution is -2.29. The van der Waals surface area contributed by atoms with Crippen molar-refractivity contribution < 1.29 is 9.90 Å². The van der Waals surface area contributed by atoms with Gasteiger partial charge in [0.2, 0.25) is 4.33 Å². The summed E-state index contributed by atoms with van der Waals surface area (Å²) in [6.45, 7) is 0. The van der Waals surface area contributed by atoms with Crippen LogP contribution in [0, 0.1) is 0 Å². The maximum Gasteiger partial charge on any atom is 0.340 e. The van der Waals surface area contributed by atoms with E-state index in [9.17, 15) is 4.79 Å². The molecule has 0 aromatic carbocycles. The van der Waals surface area contributed by atoms with Gasteiger partial charge in [-0.15, -0.1) is 23.2 Å². The van der Waals surface area contributed by atoms with E-state index in [0.717, 1.165) is 0 Å². The van der Waals surface area contributed by atoms with Gasteiger partial charge in [-0.25, -0.2) is 4.79 Å². The lowest BCUT2D eigenvalue weighted by atomic mass is 10.2.